The van der Waals surface area contributed by atoms with Crippen LogP contribution in [-0.2, 0) is 21.0 Å². The summed E-state index contributed by atoms with van der Waals surface area (Å²) in [5.74, 6) is -7.70. The van der Waals surface area contributed by atoms with Crippen LogP contribution in [0.1, 0.15) is 25.0 Å². The molecule has 0 N–H and O–H groups in total. The lowest BCUT2D eigenvalue weighted by Crippen LogP contribution is -2.14. The molecule has 24 heavy (non-hydrogen) atoms. The van der Waals surface area contributed by atoms with Crippen LogP contribution < -0.4 is 0 Å². The van der Waals surface area contributed by atoms with Crippen molar-refractivity contribution in [3.05, 3.63) is 34.4 Å². The standard InChI is InChI=1S/C16H17F4NO3/c1-7-11(17)13(19)8(14(20)12(7)18)6-24-15(22)10-9(5-21-23-4)16(10,2)3/h5,9-10H,6H2,1-4H3/b21-5+/t9-,10+/m1/s1. The van der Waals surface area contributed by atoms with Crippen molar-refractivity contribution in [3.63, 3.8) is 0 Å². The lowest BCUT2D eigenvalue weighted by molar-refractivity contribution is -0.147. The highest BCUT2D eigenvalue weighted by atomic mass is 19.2. The normalized spacial score (nSPS) is 21.8. The Kier molecular flexibility index (Phi) is 4.87. The lowest BCUT2D eigenvalue weighted by atomic mass is 10.1. The maximum Gasteiger partial charge on any atom is 0.310 e. The molecule has 0 aromatic heterocycles. The number of esters is 1. The third-order valence-corrected chi connectivity index (χ3v) is 4.42. The van der Waals surface area contributed by atoms with E-state index in [2.05, 4.69) is 9.99 Å². The van der Waals surface area contributed by atoms with Crippen LogP contribution in [0.3, 0.4) is 0 Å². The molecule has 1 aliphatic carbocycles. The number of carbonyl (C=O) groups is 1. The predicted molar refractivity (Wildman–Crippen MR) is 77.1 cm³/mol. The molecule has 2 atom stereocenters. The van der Waals surface area contributed by atoms with Gasteiger partial charge in [0.2, 0.25) is 0 Å². The van der Waals surface area contributed by atoms with Gasteiger partial charge >= 0.3 is 5.97 Å². The maximum atomic E-state index is 13.8. The highest BCUT2D eigenvalue weighted by Gasteiger charge is 2.62. The third kappa shape index (κ3) is 2.97. The number of halogens is 4. The average Bonchev–Trinajstić information content (AvgIpc) is 3.09. The summed E-state index contributed by atoms with van der Waals surface area (Å²) in [7, 11) is 1.35. The Labute approximate surface area is 136 Å². The molecule has 132 valence electrons. The van der Waals surface area contributed by atoms with Gasteiger partial charge in [0.1, 0.15) is 13.7 Å². The summed E-state index contributed by atoms with van der Waals surface area (Å²) in [6, 6.07) is 0. The summed E-state index contributed by atoms with van der Waals surface area (Å²) >= 11 is 0. The van der Waals surface area contributed by atoms with E-state index in [-0.39, 0.29) is 5.92 Å². The fraction of sp³-hybridized carbons (Fsp3) is 0.500. The molecule has 1 saturated carbocycles. The summed E-state index contributed by atoms with van der Waals surface area (Å²) in [4.78, 5) is 16.6. The van der Waals surface area contributed by atoms with Crippen LogP contribution in [0.4, 0.5) is 17.6 Å². The molecule has 0 unspecified atom stereocenters. The first-order chi connectivity index (χ1) is 11.1. The third-order valence-electron chi connectivity index (χ3n) is 4.42. The van der Waals surface area contributed by atoms with Crippen molar-refractivity contribution in [1.82, 2.24) is 0 Å². The smallest absolute Gasteiger partial charge is 0.310 e. The largest absolute Gasteiger partial charge is 0.460 e. The molecule has 8 heteroatoms. The Morgan fingerprint density at radius 2 is 1.71 bits per heavy atom. The number of ether oxygens (including phenoxy) is 1. The van der Waals surface area contributed by atoms with Crippen LogP contribution in [0.5, 0.6) is 0 Å². The van der Waals surface area contributed by atoms with Crippen molar-refractivity contribution in [3.8, 4) is 0 Å². The SMILES string of the molecule is CO/N=C/[C@@H]1[C@@H](C(=O)OCc2c(F)c(F)c(C)c(F)c2F)C1(C)C. The van der Waals surface area contributed by atoms with E-state index in [1.165, 1.54) is 13.3 Å². The maximum absolute atomic E-state index is 13.8. The average molecular weight is 347 g/mol. The molecular formula is C16H17F4NO3. The first kappa shape index (κ1) is 18.2. The van der Waals surface area contributed by atoms with Crippen molar-refractivity contribution in [2.45, 2.75) is 27.4 Å². The molecule has 1 fully saturated rings. The number of oxime groups is 1. The Bertz CT molecular complexity index is 674. The molecule has 4 nitrogen and oxygen atoms in total. The van der Waals surface area contributed by atoms with Crippen molar-refractivity contribution in [2.24, 2.45) is 22.4 Å². The van der Waals surface area contributed by atoms with Gasteiger partial charge in [-0.1, -0.05) is 19.0 Å². The zero-order valence-electron chi connectivity index (χ0n) is 13.6. The number of hydrogen-bond donors (Lipinski definition) is 0. The first-order valence-corrected chi connectivity index (χ1v) is 7.19. The molecule has 0 radical (unpaired) electrons. The van der Waals surface area contributed by atoms with Gasteiger partial charge in [0.25, 0.3) is 0 Å². The minimum Gasteiger partial charge on any atom is -0.460 e. The molecule has 1 aliphatic rings. The Morgan fingerprint density at radius 1 is 1.17 bits per heavy atom. The number of nitrogens with zero attached hydrogens (tertiary/aromatic N) is 1. The van der Waals surface area contributed by atoms with E-state index in [1.807, 2.05) is 0 Å². The van der Waals surface area contributed by atoms with E-state index in [0.717, 1.165) is 6.92 Å². The minimum atomic E-state index is -1.56. The molecule has 2 rings (SSSR count). The zero-order valence-corrected chi connectivity index (χ0v) is 13.6. The second-order valence-electron chi connectivity index (χ2n) is 6.23. The van der Waals surface area contributed by atoms with Crippen molar-refractivity contribution in [1.29, 1.82) is 0 Å². The number of hydrogen-bond acceptors (Lipinski definition) is 4. The highest BCUT2D eigenvalue weighted by Crippen LogP contribution is 2.57. The Balaban J connectivity index is 2.13. The Morgan fingerprint density at radius 3 is 2.21 bits per heavy atom. The highest BCUT2D eigenvalue weighted by molar-refractivity contribution is 5.85. The van der Waals surface area contributed by atoms with Crippen molar-refractivity contribution >= 4 is 12.2 Å². The van der Waals surface area contributed by atoms with Crippen LogP contribution in [0.2, 0.25) is 0 Å². The first-order valence-electron chi connectivity index (χ1n) is 7.19. The molecule has 1 aromatic carbocycles. The van der Waals surface area contributed by atoms with Gasteiger partial charge < -0.3 is 9.57 Å². The topological polar surface area (TPSA) is 47.9 Å². The summed E-state index contributed by atoms with van der Waals surface area (Å²) in [6.45, 7) is 3.60. The van der Waals surface area contributed by atoms with Crippen LogP contribution in [0.15, 0.2) is 5.16 Å². The van der Waals surface area contributed by atoms with Crippen molar-refractivity contribution < 1.29 is 31.9 Å². The van der Waals surface area contributed by atoms with E-state index >= 15 is 0 Å². The van der Waals surface area contributed by atoms with Gasteiger partial charge in [-0.05, 0) is 12.3 Å². The number of carbonyl (C=O) groups excluding carboxylic acids is 1. The number of benzene rings is 1. The van der Waals surface area contributed by atoms with E-state index in [0.29, 0.717) is 0 Å². The van der Waals surface area contributed by atoms with Crippen LogP contribution in [0.25, 0.3) is 0 Å². The van der Waals surface area contributed by atoms with Gasteiger partial charge in [0.15, 0.2) is 23.3 Å². The van der Waals surface area contributed by atoms with Gasteiger partial charge in [-0.3, -0.25) is 4.79 Å². The van der Waals surface area contributed by atoms with E-state index in [1.54, 1.807) is 13.8 Å². The Hall–Kier alpha value is -2.12. The molecule has 1 aromatic rings. The van der Waals surface area contributed by atoms with Gasteiger partial charge in [-0.2, -0.15) is 0 Å². The quantitative estimate of drug-likeness (QED) is 0.269. The lowest BCUT2D eigenvalue weighted by Gasteiger charge is -2.10. The minimum absolute atomic E-state index is 0.258. The summed E-state index contributed by atoms with van der Waals surface area (Å²) < 4.78 is 59.4. The van der Waals surface area contributed by atoms with Crippen molar-refractivity contribution in [2.75, 3.05) is 7.11 Å². The predicted octanol–water partition coefficient (Wildman–Crippen LogP) is 3.50. The van der Waals surface area contributed by atoms with Gasteiger partial charge in [0, 0.05) is 17.7 Å². The molecular weight excluding hydrogens is 330 g/mol. The van der Waals surface area contributed by atoms with Crippen LogP contribution in [-0.4, -0.2) is 19.3 Å². The van der Waals surface area contributed by atoms with Gasteiger partial charge in [-0.25, -0.2) is 17.6 Å². The summed E-state index contributed by atoms with van der Waals surface area (Å²) in [6.07, 6.45) is 1.44. The zero-order chi connectivity index (χ0) is 18.2. The van der Waals surface area contributed by atoms with Gasteiger partial charge in [-0.15, -0.1) is 0 Å². The van der Waals surface area contributed by atoms with E-state index in [4.69, 9.17) is 4.74 Å². The van der Waals surface area contributed by atoms with Crippen LogP contribution in [0, 0.1) is 47.4 Å². The molecule has 0 spiro atoms. The monoisotopic (exact) mass is 347 g/mol. The molecule has 0 aliphatic heterocycles. The van der Waals surface area contributed by atoms with Gasteiger partial charge in [0.05, 0.1) is 11.5 Å². The fourth-order valence-corrected chi connectivity index (χ4v) is 2.68. The molecule has 0 saturated heterocycles. The summed E-state index contributed by atoms with van der Waals surface area (Å²) in [5.41, 5.74) is -2.18. The summed E-state index contributed by atoms with van der Waals surface area (Å²) in [5, 5.41) is 3.59. The molecule has 0 bridgehead atoms. The molecule has 0 heterocycles. The van der Waals surface area contributed by atoms with E-state index in [9.17, 15) is 22.4 Å². The second kappa shape index (κ2) is 6.41. The van der Waals surface area contributed by atoms with E-state index < -0.39 is 58.3 Å². The number of rotatable bonds is 5. The second-order valence-corrected chi connectivity index (χ2v) is 6.23. The molecule has 0 amide bonds. The van der Waals surface area contributed by atoms with Crippen LogP contribution >= 0.6 is 0 Å². The fourth-order valence-electron chi connectivity index (χ4n) is 2.68.